The molecular formula is C26H31F3N2O4. The van der Waals surface area contributed by atoms with Gasteiger partial charge in [-0.2, -0.15) is 0 Å². The van der Waals surface area contributed by atoms with Crippen molar-refractivity contribution in [2.45, 2.75) is 65.4 Å². The maximum Gasteiger partial charge on any atom is 0.573 e. The number of hydrogen-bond donors (Lipinski definition) is 2. The van der Waals surface area contributed by atoms with Gasteiger partial charge in [-0.3, -0.25) is 10.2 Å². The Morgan fingerprint density at radius 3 is 2.14 bits per heavy atom. The first-order chi connectivity index (χ1) is 16.3. The topological polar surface area (TPSA) is 78.9 Å². The van der Waals surface area contributed by atoms with E-state index in [0.29, 0.717) is 11.5 Å². The number of amides is 1. The van der Waals surface area contributed by atoms with Crippen molar-refractivity contribution < 1.29 is 32.6 Å². The van der Waals surface area contributed by atoms with E-state index in [1.807, 2.05) is 0 Å². The summed E-state index contributed by atoms with van der Waals surface area (Å²) in [7, 11) is 0. The number of hydrazine groups is 1. The zero-order chi connectivity index (χ0) is 25.8. The van der Waals surface area contributed by atoms with Gasteiger partial charge in [0.05, 0.1) is 5.56 Å². The minimum absolute atomic E-state index is 0.00719. The van der Waals surface area contributed by atoms with Gasteiger partial charge < -0.3 is 9.84 Å². The predicted molar refractivity (Wildman–Crippen MR) is 125 cm³/mol. The molecule has 190 valence electrons. The number of hydrogen-bond acceptors (Lipinski definition) is 4. The SMILES string of the molecule is CC(C)(C)C1CCC(N(Cc2ccccc2C(=O)O)NC(=O)c2ccc(OC(F)(F)F)cc2)CC1. The molecule has 1 fully saturated rings. The van der Waals surface area contributed by atoms with Crippen LogP contribution in [0.4, 0.5) is 13.2 Å². The smallest absolute Gasteiger partial charge is 0.478 e. The number of aromatic carboxylic acids is 1. The van der Waals surface area contributed by atoms with Crippen molar-refractivity contribution in [2.75, 3.05) is 0 Å². The van der Waals surface area contributed by atoms with E-state index in [0.717, 1.165) is 37.8 Å². The molecule has 6 nitrogen and oxygen atoms in total. The first kappa shape index (κ1) is 26.5. The molecule has 2 aromatic carbocycles. The molecule has 0 heterocycles. The third kappa shape index (κ3) is 7.45. The van der Waals surface area contributed by atoms with Gasteiger partial charge in [0.2, 0.25) is 0 Å². The highest BCUT2D eigenvalue weighted by molar-refractivity contribution is 5.94. The number of carboxylic acid groups (broad SMARTS) is 1. The molecule has 0 spiro atoms. The van der Waals surface area contributed by atoms with E-state index >= 15 is 0 Å². The van der Waals surface area contributed by atoms with Crippen molar-refractivity contribution in [2.24, 2.45) is 11.3 Å². The van der Waals surface area contributed by atoms with E-state index in [-0.39, 0.29) is 29.1 Å². The molecule has 0 bridgehead atoms. The van der Waals surface area contributed by atoms with Crippen molar-refractivity contribution in [3.63, 3.8) is 0 Å². The summed E-state index contributed by atoms with van der Waals surface area (Å²) < 4.78 is 41.1. The lowest BCUT2D eigenvalue weighted by atomic mass is 9.71. The molecule has 2 aromatic rings. The second kappa shape index (κ2) is 10.7. The summed E-state index contributed by atoms with van der Waals surface area (Å²) in [6.07, 6.45) is -1.20. The van der Waals surface area contributed by atoms with Crippen LogP contribution in [0.1, 0.15) is 72.7 Å². The van der Waals surface area contributed by atoms with Gasteiger partial charge in [0.15, 0.2) is 0 Å². The number of rotatable bonds is 7. The van der Waals surface area contributed by atoms with Crippen LogP contribution in [0.5, 0.6) is 5.75 Å². The summed E-state index contributed by atoms with van der Waals surface area (Å²) in [5.41, 5.74) is 3.94. The van der Waals surface area contributed by atoms with Crippen LogP contribution in [0, 0.1) is 11.3 Å². The van der Waals surface area contributed by atoms with E-state index in [9.17, 15) is 27.9 Å². The van der Waals surface area contributed by atoms with Gasteiger partial charge in [0.1, 0.15) is 5.75 Å². The highest BCUT2D eigenvalue weighted by Gasteiger charge is 2.33. The fourth-order valence-corrected chi connectivity index (χ4v) is 4.57. The van der Waals surface area contributed by atoms with Gasteiger partial charge in [-0.1, -0.05) is 39.0 Å². The number of ether oxygens (including phenoxy) is 1. The van der Waals surface area contributed by atoms with E-state index in [4.69, 9.17) is 0 Å². The first-order valence-corrected chi connectivity index (χ1v) is 11.6. The number of carboxylic acids is 1. The standard InChI is InChI=1S/C26H31F3N2O4/c1-25(2,3)19-10-12-20(13-11-19)31(16-18-6-4-5-7-22(18)24(33)34)30-23(32)17-8-14-21(15-9-17)35-26(27,28)29/h4-9,14-15,19-20H,10-13,16H2,1-3H3,(H,30,32)(H,33,34). The average molecular weight is 493 g/mol. The molecule has 3 rings (SSSR count). The molecule has 0 saturated heterocycles. The van der Waals surface area contributed by atoms with E-state index in [1.54, 1.807) is 23.2 Å². The van der Waals surface area contributed by atoms with E-state index < -0.39 is 24.0 Å². The zero-order valence-corrected chi connectivity index (χ0v) is 20.1. The highest BCUT2D eigenvalue weighted by Crippen LogP contribution is 2.39. The first-order valence-electron chi connectivity index (χ1n) is 11.6. The van der Waals surface area contributed by atoms with Crippen LogP contribution >= 0.6 is 0 Å². The molecule has 0 aliphatic heterocycles. The number of benzene rings is 2. The van der Waals surface area contributed by atoms with Gasteiger partial charge in [-0.05, 0) is 72.9 Å². The van der Waals surface area contributed by atoms with E-state index in [1.165, 1.54) is 18.2 Å². The highest BCUT2D eigenvalue weighted by atomic mass is 19.4. The number of alkyl halides is 3. The van der Waals surface area contributed by atoms with Crippen LogP contribution in [-0.4, -0.2) is 34.4 Å². The van der Waals surface area contributed by atoms with Gasteiger partial charge in [-0.25, -0.2) is 9.80 Å². The third-order valence-electron chi connectivity index (χ3n) is 6.55. The Kier molecular flexibility index (Phi) is 8.10. The van der Waals surface area contributed by atoms with Crippen LogP contribution in [-0.2, 0) is 6.54 Å². The Morgan fingerprint density at radius 2 is 1.60 bits per heavy atom. The Bertz CT molecular complexity index is 1020. The summed E-state index contributed by atoms with van der Waals surface area (Å²) in [5, 5.41) is 11.3. The second-order valence-electron chi connectivity index (χ2n) is 9.97. The minimum Gasteiger partial charge on any atom is -0.478 e. The van der Waals surface area contributed by atoms with Crippen molar-refractivity contribution >= 4 is 11.9 Å². The Hall–Kier alpha value is -3.07. The Balaban J connectivity index is 1.79. The van der Waals surface area contributed by atoms with Gasteiger partial charge in [-0.15, -0.1) is 13.2 Å². The molecule has 1 aliphatic rings. The molecule has 35 heavy (non-hydrogen) atoms. The lowest BCUT2D eigenvalue weighted by molar-refractivity contribution is -0.274. The lowest BCUT2D eigenvalue weighted by Crippen LogP contribution is -2.50. The van der Waals surface area contributed by atoms with Crippen LogP contribution in [0.3, 0.4) is 0 Å². The monoisotopic (exact) mass is 492 g/mol. The largest absolute Gasteiger partial charge is 0.573 e. The Labute approximate surface area is 203 Å². The van der Waals surface area contributed by atoms with Crippen molar-refractivity contribution in [1.82, 2.24) is 10.4 Å². The number of nitrogens with zero attached hydrogens (tertiary/aromatic N) is 1. The summed E-state index contributed by atoms with van der Waals surface area (Å²) in [5.74, 6) is -1.41. The maximum atomic E-state index is 13.0. The third-order valence-corrected chi connectivity index (χ3v) is 6.55. The molecular weight excluding hydrogens is 461 g/mol. The van der Waals surface area contributed by atoms with Crippen LogP contribution in [0.15, 0.2) is 48.5 Å². The summed E-state index contributed by atoms with van der Waals surface area (Å²) in [6.45, 7) is 6.83. The molecule has 0 aromatic heterocycles. The molecule has 0 atom stereocenters. The van der Waals surface area contributed by atoms with Gasteiger partial charge in [0.25, 0.3) is 5.91 Å². The molecule has 1 saturated carbocycles. The molecule has 1 aliphatic carbocycles. The minimum atomic E-state index is -4.82. The van der Waals surface area contributed by atoms with Crippen LogP contribution < -0.4 is 10.2 Å². The van der Waals surface area contributed by atoms with Gasteiger partial charge >= 0.3 is 12.3 Å². The molecule has 2 N–H and O–H groups in total. The average Bonchev–Trinajstić information content (AvgIpc) is 2.77. The quantitative estimate of drug-likeness (QED) is 0.461. The molecule has 0 unspecified atom stereocenters. The van der Waals surface area contributed by atoms with Crippen LogP contribution in [0.25, 0.3) is 0 Å². The summed E-state index contributed by atoms with van der Waals surface area (Å²) in [6, 6.07) is 11.3. The zero-order valence-electron chi connectivity index (χ0n) is 20.1. The summed E-state index contributed by atoms with van der Waals surface area (Å²) in [4.78, 5) is 24.7. The van der Waals surface area contributed by atoms with Gasteiger partial charge in [0, 0.05) is 18.2 Å². The van der Waals surface area contributed by atoms with E-state index in [2.05, 4.69) is 30.9 Å². The number of halogens is 3. The summed E-state index contributed by atoms with van der Waals surface area (Å²) >= 11 is 0. The van der Waals surface area contributed by atoms with Crippen LogP contribution in [0.2, 0.25) is 0 Å². The molecule has 9 heteroatoms. The van der Waals surface area contributed by atoms with Crippen molar-refractivity contribution in [3.05, 3.63) is 65.2 Å². The lowest BCUT2D eigenvalue weighted by Gasteiger charge is -2.41. The molecule has 1 amide bonds. The maximum absolute atomic E-state index is 13.0. The normalized spacial score (nSPS) is 18.8. The Morgan fingerprint density at radius 1 is 1.00 bits per heavy atom. The van der Waals surface area contributed by atoms with Crippen molar-refractivity contribution in [3.8, 4) is 5.75 Å². The predicted octanol–water partition coefficient (Wildman–Crippen LogP) is 6.04. The van der Waals surface area contributed by atoms with Crippen molar-refractivity contribution in [1.29, 1.82) is 0 Å². The number of carbonyl (C=O) groups is 2. The molecule has 0 radical (unpaired) electrons. The fourth-order valence-electron chi connectivity index (χ4n) is 4.57. The second-order valence-corrected chi connectivity index (χ2v) is 9.97. The number of carbonyl (C=O) groups excluding carboxylic acids is 1. The fraction of sp³-hybridized carbons (Fsp3) is 0.462. The number of nitrogens with one attached hydrogen (secondary N) is 1.